The fourth-order valence-electron chi connectivity index (χ4n) is 14.6. The number of fused-ring (bicyclic) bond motifs is 9. The van der Waals surface area contributed by atoms with Crippen LogP contribution in [0.5, 0.6) is 0 Å². The van der Waals surface area contributed by atoms with E-state index in [-0.39, 0.29) is 0 Å². The van der Waals surface area contributed by atoms with Crippen molar-refractivity contribution in [3.63, 3.8) is 0 Å². The number of hydrogen-bond acceptors (Lipinski definition) is 0. The van der Waals surface area contributed by atoms with E-state index in [4.69, 9.17) is 0 Å². The minimum Gasteiger partial charge on any atom is -0.309 e. The van der Waals surface area contributed by atoms with Crippen molar-refractivity contribution >= 4 is 43.6 Å². The summed E-state index contributed by atoms with van der Waals surface area (Å²) in [5.74, 6) is 0. The van der Waals surface area contributed by atoms with E-state index in [1.165, 1.54) is 149 Å². The molecule has 0 bridgehead atoms. The molecule has 0 N–H and O–H groups in total. The number of aromatic nitrogens is 2. The van der Waals surface area contributed by atoms with Gasteiger partial charge in [0.25, 0.3) is 0 Å². The molecular weight excluding hydrogens is 1050 g/mol. The Labute approximate surface area is 506 Å². The van der Waals surface area contributed by atoms with Gasteiger partial charge in [-0.1, -0.05) is 279 Å². The topological polar surface area (TPSA) is 9.86 Å². The number of hydrogen-bond donors (Lipinski definition) is 0. The molecule has 1 aliphatic carbocycles. The van der Waals surface area contributed by atoms with Crippen LogP contribution in [0.15, 0.2) is 340 Å². The molecule has 0 fully saturated rings. The van der Waals surface area contributed by atoms with Crippen LogP contribution in [0.3, 0.4) is 0 Å². The van der Waals surface area contributed by atoms with Crippen molar-refractivity contribution in [3.8, 4) is 89.3 Å². The second-order valence-electron chi connectivity index (χ2n) is 23.1. The Morgan fingerprint density at radius 1 is 0.195 bits per heavy atom. The third-order valence-electron chi connectivity index (χ3n) is 18.5. The number of rotatable bonds is 10. The van der Waals surface area contributed by atoms with Gasteiger partial charge in [-0.3, -0.25) is 0 Å². The van der Waals surface area contributed by atoms with E-state index in [1.807, 2.05) is 0 Å². The number of benzene rings is 14. The van der Waals surface area contributed by atoms with Gasteiger partial charge >= 0.3 is 0 Å². The van der Waals surface area contributed by atoms with E-state index in [0.29, 0.717) is 0 Å². The zero-order valence-electron chi connectivity index (χ0n) is 47.7. The van der Waals surface area contributed by atoms with Gasteiger partial charge in [0.15, 0.2) is 0 Å². The van der Waals surface area contributed by atoms with Crippen molar-refractivity contribution in [1.29, 1.82) is 0 Å². The first kappa shape index (κ1) is 50.2. The summed E-state index contributed by atoms with van der Waals surface area (Å²) in [5.41, 5.74) is 28.5. The normalized spacial score (nSPS) is 12.5. The summed E-state index contributed by atoms with van der Waals surface area (Å²) >= 11 is 0. The van der Waals surface area contributed by atoms with E-state index < -0.39 is 5.41 Å². The van der Waals surface area contributed by atoms with Crippen LogP contribution in [-0.4, -0.2) is 9.13 Å². The van der Waals surface area contributed by atoms with Gasteiger partial charge in [-0.2, -0.15) is 0 Å². The Kier molecular flexibility index (Phi) is 11.8. The van der Waals surface area contributed by atoms with Crippen molar-refractivity contribution < 1.29 is 0 Å². The van der Waals surface area contributed by atoms with Gasteiger partial charge in [-0.25, -0.2) is 0 Å². The van der Waals surface area contributed by atoms with E-state index >= 15 is 0 Å². The van der Waals surface area contributed by atoms with Gasteiger partial charge in [0, 0.05) is 32.8 Å². The lowest BCUT2D eigenvalue weighted by Crippen LogP contribution is -2.29. The molecule has 87 heavy (non-hydrogen) atoms. The monoisotopic (exact) mass is 1100 g/mol. The molecule has 2 nitrogen and oxygen atoms in total. The lowest BCUT2D eigenvalue weighted by molar-refractivity contribution is 0.771. The van der Waals surface area contributed by atoms with Gasteiger partial charge in [0.2, 0.25) is 0 Å². The lowest BCUT2D eigenvalue weighted by Gasteiger charge is -2.36. The zero-order valence-corrected chi connectivity index (χ0v) is 47.7. The molecule has 0 saturated carbocycles. The van der Waals surface area contributed by atoms with Crippen LogP contribution >= 0.6 is 0 Å². The van der Waals surface area contributed by atoms with Gasteiger partial charge in [0.05, 0.1) is 33.2 Å². The van der Waals surface area contributed by atoms with Crippen LogP contribution in [0.25, 0.3) is 133 Å². The molecule has 1 aliphatic rings. The standard InChI is InChI=1S/C85H56N2/c1-3-22-60(23-4-1)67-28-7-8-30-69(67)70-31-9-15-36-77(70)85(78-37-16-10-32-71(78)72-33-11-17-38-79(72)85)65-27-21-26-62(54-65)59-44-42-57(43-45-59)58-46-50-66(51-47-58)86-81-40-19-13-34-73(81)75-55-63(48-52-83(75)86)64-49-53-84-76(56-64)74-35-14-20-41-82(74)87(84)80-39-18-12-29-68(80)61-24-5-2-6-25-61/h1-56H. The third-order valence-corrected chi connectivity index (χ3v) is 18.5. The fraction of sp³-hybridized carbons (Fsp3) is 0.0118. The molecule has 2 heteroatoms. The smallest absolute Gasteiger partial charge is 0.0719 e. The molecule has 17 rings (SSSR count). The van der Waals surface area contributed by atoms with Gasteiger partial charge in [0.1, 0.15) is 0 Å². The molecule has 0 atom stereocenters. The zero-order chi connectivity index (χ0) is 57.4. The maximum Gasteiger partial charge on any atom is 0.0719 e. The van der Waals surface area contributed by atoms with Gasteiger partial charge in [-0.05, 0) is 155 Å². The molecular formula is C85H56N2. The quantitative estimate of drug-likeness (QED) is 0.129. The maximum atomic E-state index is 2.45. The molecule has 2 aromatic heterocycles. The van der Waals surface area contributed by atoms with Crippen molar-refractivity contribution in [2.75, 3.05) is 0 Å². The summed E-state index contributed by atoms with van der Waals surface area (Å²) in [6, 6.07) is 126. The Hall–Kier alpha value is -11.3. The Morgan fingerprint density at radius 3 is 1.14 bits per heavy atom. The van der Waals surface area contributed by atoms with E-state index in [0.717, 1.165) is 5.69 Å². The maximum absolute atomic E-state index is 2.45. The largest absolute Gasteiger partial charge is 0.309 e. The van der Waals surface area contributed by atoms with E-state index in [1.54, 1.807) is 0 Å². The van der Waals surface area contributed by atoms with Crippen molar-refractivity contribution in [3.05, 3.63) is 362 Å². The van der Waals surface area contributed by atoms with Gasteiger partial charge < -0.3 is 9.13 Å². The average molecular weight is 1110 g/mol. The fourth-order valence-corrected chi connectivity index (χ4v) is 14.6. The first-order valence-corrected chi connectivity index (χ1v) is 30.1. The summed E-state index contributed by atoms with van der Waals surface area (Å²) in [6.07, 6.45) is 0. The SMILES string of the molecule is c1ccc(-c2ccccc2-c2ccccc2C2(c3cccc(-c4ccc(-c5ccc(-n6c7ccccc7c7cc(-c8ccc9c(c8)c8ccccc8n9-c8ccccc8-c8ccccc8)ccc76)cc5)cc4)c3)c3ccccc3-c3ccccc32)cc1. The third kappa shape index (κ3) is 8.03. The second-order valence-corrected chi connectivity index (χ2v) is 23.1. The van der Waals surface area contributed by atoms with Crippen LogP contribution in [0.1, 0.15) is 22.3 Å². The van der Waals surface area contributed by atoms with Crippen LogP contribution in [-0.2, 0) is 5.41 Å². The Bertz CT molecular complexity index is 5270. The molecule has 0 unspecified atom stereocenters. The van der Waals surface area contributed by atoms with Gasteiger partial charge in [-0.15, -0.1) is 0 Å². The summed E-state index contributed by atoms with van der Waals surface area (Å²) < 4.78 is 4.86. The average Bonchev–Trinajstić information content (AvgIpc) is 1.64. The molecule has 14 aromatic carbocycles. The van der Waals surface area contributed by atoms with Crippen molar-refractivity contribution in [1.82, 2.24) is 9.13 Å². The molecule has 406 valence electrons. The second kappa shape index (κ2) is 20.5. The Balaban J connectivity index is 0.709. The summed E-state index contributed by atoms with van der Waals surface area (Å²) in [6.45, 7) is 0. The highest BCUT2D eigenvalue weighted by Crippen LogP contribution is 2.58. The predicted molar refractivity (Wildman–Crippen MR) is 365 cm³/mol. The minimum absolute atomic E-state index is 0.597. The molecule has 0 radical (unpaired) electrons. The minimum atomic E-state index is -0.597. The molecule has 16 aromatic rings. The molecule has 2 heterocycles. The summed E-state index contributed by atoms with van der Waals surface area (Å²) in [4.78, 5) is 0. The van der Waals surface area contributed by atoms with Crippen LogP contribution < -0.4 is 0 Å². The van der Waals surface area contributed by atoms with Crippen LogP contribution in [0.4, 0.5) is 0 Å². The lowest BCUT2D eigenvalue weighted by atomic mass is 9.65. The highest BCUT2D eigenvalue weighted by atomic mass is 15.0. The van der Waals surface area contributed by atoms with E-state index in [2.05, 4.69) is 349 Å². The Morgan fingerprint density at radius 2 is 0.563 bits per heavy atom. The number of nitrogens with zero attached hydrogens (tertiary/aromatic N) is 2. The first-order chi connectivity index (χ1) is 43.2. The summed E-state index contributed by atoms with van der Waals surface area (Å²) in [5, 5.41) is 4.95. The van der Waals surface area contributed by atoms with E-state index in [9.17, 15) is 0 Å². The van der Waals surface area contributed by atoms with Crippen LogP contribution in [0, 0.1) is 0 Å². The molecule has 0 aliphatic heterocycles. The first-order valence-electron chi connectivity index (χ1n) is 30.1. The number of para-hydroxylation sites is 3. The van der Waals surface area contributed by atoms with Crippen molar-refractivity contribution in [2.45, 2.75) is 5.41 Å². The molecule has 0 spiro atoms. The molecule has 0 saturated heterocycles. The van der Waals surface area contributed by atoms with Crippen molar-refractivity contribution in [2.24, 2.45) is 0 Å². The molecule has 0 amide bonds. The highest BCUT2D eigenvalue weighted by molar-refractivity contribution is 6.13. The highest BCUT2D eigenvalue weighted by Gasteiger charge is 2.47. The summed E-state index contributed by atoms with van der Waals surface area (Å²) in [7, 11) is 0. The van der Waals surface area contributed by atoms with Crippen LogP contribution in [0.2, 0.25) is 0 Å². The predicted octanol–water partition coefficient (Wildman–Crippen LogP) is 22.2.